The third-order valence-corrected chi connectivity index (χ3v) is 8.07. The van der Waals surface area contributed by atoms with Crippen molar-refractivity contribution in [1.82, 2.24) is 14.9 Å². The average Bonchev–Trinajstić information content (AvgIpc) is 3.67. The number of hydrogen-bond acceptors (Lipinski definition) is 7. The van der Waals surface area contributed by atoms with Crippen molar-refractivity contribution in [2.45, 2.75) is 24.9 Å². The summed E-state index contributed by atoms with van der Waals surface area (Å²) >= 11 is 0. The van der Waals surface area contributed by atoms with Gasteiger partial charge in [-0.1, -0.05) is 42.5 Å². The summed E-state index contributed by atoms with van der Waals surface area (Å²) in [6, 6.07) is 18.5. The molecule has 2 saturated heterocycles. The van der Waals surface area contributed by atoms with Crippen LogP contribution in [0, 0.1) is 5.82 Å². The van der Waals surface area contributed by atoms with Gasteiger partial charge in [0, 0.05) is 39.3 Å². The molecule has 14 heteroatoms. The molecule has 0 radical (unpaired) electrons. The monoisotopic (exact) mass is 637 g/mol. The second-order valence-electron chi connectivity index (χ2n) is 11.0. The van der Waals surface area contributed by atoms with E-state index in [2.05, 4.69) is 20.6 Å². The Morgan fingerprint density at radius 1 is 0.957 bits per heavy atom. The van der Waals surface area contributed by atoms with E-state index in [4.69, 9.17) is 4.42 Å². The molecular weight excluding hydrogens is 606 g/mol. The molecule has 0 atom stereocenters. The maximum absolute atomic E-state index is 14.1. The van der Waals surface area contributed by atoms with Gasteiger partial charge in [-0.2, -0.15) is 18.2 Å². The van der Waals surface area contributed by atoms with Crippen molar-refractivity contribution in [3.8, 4) is 0 Å². The third-order valence-electron chi connectivity index (χ3n) is 8.07. The molecule has 4 aromatic rings. The molecule has 4 heterocycles. The van der Waals surface area contributed by atoms with Crippen LogP contribution in [0.25, 0.3) is 0 Å². The van der Waals surface area contributed by atoms with Gasteiger partial charge in [0.2, 0.25) is 5.76 Å². The fourth-order valence-electron chi connectivity index (χ4n) is 5.68. The van der Waals surface area contributed by atoms with Crippen LogP contribution < -0.4 is 20.4 Å². The molecule has 2 aliphatic heterocycles. The minimum atomic E-state index is -4.90. The molecule has 3 amide bonds. The quantitative estimate of drug-likeness (QED) is 0.210. The highest BCUT2D eigenvalue weighted by molar-refractivity contribution is 6.03. The Labute approximate surface area is 262 Å². The van der Waals surface area contributed by atoms with Gasteiger partial charge in [0.05, 0.1) is 17.6 Å². The molecule has 2 N–H and O–H groups in total. The normalized spacial score (nSPS) is 15.8. The zero-order valence-electron chi connectivity index (χ0n) is 24.6. The first-order valence-corrected chi connectivity index (χ1v) is 14.9. The highest BCUT2D eigenvalue weighted by atomic mass is 19.4. The Balaban J connectivity index is 1.03. The van der Waals surface area contributed by atoms with Gasteiger partial charge in [0.15, 0.2) is 5.69 Å². The van der Waals surface area contributed by atoms with Crippen LogP contribution in [0.1, 0.15) is 40.6 Å². The Hall–Kier alpha value is -5.14. The molecule has 240 valence electrons. The zero-order valence-corrected chi connectivity index (χ0v) is 24.6. The van der Waals surface area contributed by atoms with Crippen molar-refractivity contribution in [2.24, 2.45) is 0 Å². The van der Waals surface area contributed by atoms with E-state index in [9.17, 15) is 27.2 Å². The molecule has 46 heavy (non-hydrogen) atoms. The Kier molecular flexibility index (Phi) is 8.77. The first-order valence-electron chi connectivity index (χ1n) is 14.9. The fourth-order valence-corrected chi connectivity index (χ4v) is 5.68. The minimum Gasteiger partial charge on any atom is -0.417 e. The molecule has 10 nitrogen and oxygen atoms in total. The number of alkyl halides is 3. The smallest absolute Gasteiger partial charge is 0.417 e. The number of amides is 3. The van der Waals surface area contributed by atoms with E-state index < -0.39 is 29.4 Å². The molecule has 0 spiro atoms. The van der Waals surface area contributed by atoms with E-state index in [-0.39, 0.29) is 29.3 Å². The zero-order chi connectivity index (χ0) is 32.3. The molecule has 2 fully saturated rings. The van der Waals surface area contributed by atoms with Crippen LogP contribution >= 0.6 is 0 Å². The van der Waals surface area contributed by atoms with Crippen LogP contribution in [0.5, 0.6) is 0 Å². The number of benzene rings is 2. The summed E-state index contributed by atoms with van der Waals surface area (Å²) in [5, 5.41) is 5.46. The molecular formula is C32H31F4N7O3. The van der Waals surface area contributed by atoms with E-state index in [0.717, 1.165) is 0 Å². The predicted octanol–water partition coefficient (Wildman–Crippen LogP) is 6.22. The number of pyridine rings is 1. The molecule has 2 aromatic heterocycles. The van der Waals surface area contributed by atoms with E-state index in [1.54, 1.807) is 34.1 Å². The maximum atomic E-state index is 14.1. The summed E-state index contributed by atoms with van der Waals surface area (Å²) in [7, 11) is 0. The highest BCUT2D eigenvalue weighted by Crippen LogP contribution is 2.36. The van der Waals surface area contributed by atoms with Gasteiger partial charge < -0.3 is 24.9 Å². The number of carbonyl (C=O) groups excluding carboxylic acids is 2. The summed E-state index contributed by atoms with van der Waals surface area (Å²) in [4.78, 5) is 38.1. The van der Waals surface area contributed by atoms with Gasteiger partial charge in [0.1, 0.15) is 11.6 Å². The number of aromatic nitrogens is 2. The van der Waals surface area contributed by atoms with E-state index >= 15 is 0 Å². The average molecular weight is 638 g/mol. The number of rotatable bonds is 9. The largest absolute Gasteiger partial charge is 0.437 e. The molecule has 2 aromatic carbocycles. The van der Waals surface area contributed by atoms with Gasteiger partial charge in [0.25, 0.3) is 11.9 Å². The number of nitrogens with zero attached hydrogens (tertiary/aromatic N) is 5. The fraction of sp³-hybridized carbons (Fsp3) is 0.312. The lowest BCUT2D eigenvalue weighted by Crippen LogP contribution is -2.35. The van der Waals surface area contributed by atoms with Gasteiger partial charge in [-0.15, -0.1) is 0 Å². The Morgan fingerprint density at radius 3 is 2.39 bits per heavy atom. The second-order valence-corrected chi connectivity index (χ2v) is 11.0. The Morgan fingerprint density at radius 2 is 1.70 bits per heavy atom. The number of oxazole rings is 1. The highest BCUT2D eigenvalue weighted by Gasteiger charge is 2.42. The number of urea groups is 1. The van der Waals surface area contributed by atoms with Crippen molar-refractivity contribution in [2.75, 3.05) is 59.7 Å². The molecule has 2 aliphatic rings. The van der Waals surface area contributed by atoms with Crippen LogP contribution in [0.3, 0.4) is 0 Å². The number of carbonyl (C=O) groups is 2. The van der Waals surface area contributed by atoms with Crippen LogP contribution in [0.4, 0.5) is 45.6 Å². The molecule has 0 saturated carbocycles. The lowest BCUT2D eigenvalue weighted by atomic mass is 9.90. The van der Waals surface area contributed by atoms with Crippen LogP contribution in [0.15, 0.2) is 77.3 Å². The number of halogens is 4. The summed E-state index contributed by atoms with van der Waals surface area (Å²) in [5.74, 6) is -1.78. The van der Waals surface area contributed by atoms with Gasteiger partial charge in [-0.05, 0) is 48.6 Å². The van der Waals surface area contributed by atoms with Gasteiger partial charge >= 0.3 is 12.2 Å². The van der Waals surface area contributed by atoms with E-state index in [1.807, 2.05) is 30.3 Å². The van der Waals surface area contributed by atoms with Gasteiger partial charge in [-0.25, -0.2) is 14.2 Å². The third kappa shape index (κ3) is 6.75. The number of nitrogens with one attached hydrogen (secondary N) is 2. The van der Waals surface area contributed by atoms with E-state index in [1.165, 1.54) is 28.8 Å². The Bertz CT molecular complexity index is 1670. The molecule has 0 aliphatic carbocycles. The van der Waals surface area contributed by atoms with Crippen LogP contribution in [0.2, 0.25) is 0 Å². The summed E-state index contributed by atoms with van der Waals surface area (Å²) in [5.41, 5.74) is 0.173. The lowest BCUT2D eigenvalue weighted by Gasteiger charge is -2.31. The topological polar surface area (TPSA) is 107 Å². The van der Waals surface area contributed by atoms with Crippen LogP contribution in [-0.4, -0.2) is 66.1 Å². The molecule has 0 unspecified atom stereocenters. The standard InChI is InChI=1S/C32H31F4N7O3/c33-24-8-4-5-9-25(24)43-19-18-42(31(43)45)17-14-37-26-11-10-23(20-38-26)39-29(44)27-28(32(34,35)36)40-30(46-27)41-15-12-22(13-16-41)21-6-2-1-3-7-21/h1-11,20,22H,12-19H2,(H,37,38)(H,39,44). The first kappa shape index (κ1) is 30.9. The van der Waals surface area contributed by atoms with E-state index in [0.29, 0.717) is 57.9 Å². The minimum absolute atomic E-state index is 0.153. The maximum Gasteiger partial charge on any atom is 0.437 e. The molecule has 0 bridgehead atoms. The summed E-state index contributed by atoms with van der Waals surface area (Å²) < 4.78 is 61.1. The van der Waals surface area contributed by atoms with Crippen LogP contribution in [-0.2, 0) is 6.18 Å². The number of para-hydroxylation sites is 1. The summed E-state index contributed by atoms with van der Waals surface area (Å²) in [6.07, 6.45) is -2.19. The predicted molar refractivity (Wildman–Crippen MR) is 164 cm³/mol. The SMILES string of the molecule is O=C(Nc1ccc(NCCN2CCN(c3ccccc3F)C2=O)nc1)c1oc(N2CCC(c3ccccc3)CC2)nc1C(F)(F)F. The summed E-state index contributed by atoms with van der Waals surface area (Å²) in [6.45, 7) is 2.35. The van der Waals surface area contributed by atoms with Crippen molar-refractivity contribution >= 4 is 35.1 Å². The van der Waals surface area contributed by atoms with Crippen molar-refractivity contribution in [1.29, 1.82) is 0 Å². The lowest BCUT2D eigenvalue weighted by molar-refractivity contribution is -0.141. The number of hydrogen-bond donors (Lipinski definition) is 2. The number of piperidine rings is 1. The first-order chi connectivity index (χ1) is 22.2. The number of anilines is 4. The second kappa shape index (κ2) is 13.1. The van der Waals surface area contributed by atoms with Crippen molar-refractivity contribution in [3.63, 3.8) is 0 Å². The van der Waals surface area contributed by atoms with Crippen molar-refractivity contribution < 1.29 is 31.6 Å². The van der Waals surface area contributed by atoms with Crippen molar-refractivity contribution in [3.05, 3.63) is 95.8 Å². The molecule has 6 rings (SSSR count). The van der Waals surface area contributed by atoms with Gasteiger partial charge in [-0.3, -0.25) is 9.69 Å².